The Morgan fingerprint density at radius 3 is 2.38 bits per heavy atom. The quantitative estimate of drug-likeness (QED) is 0.166. The van der Waals surface area contributed by atoms with Crippen LogP contribution >= 0.6 is 11.8 Å². The molecule has 190 valence electrons. The van der Waals surface area contributed by atoms with Crippen molar-refractivity contribution < 1.29 is 9.53 Å². The number of thioether (sulfide) groups is 1. The highest BCUT2D eigenvalue weighted by molar-refractivity contribution is 7.99. The summed E-state index contributed by atoms with van der Waals surface area (Å²) < 4.78 is 8.15. The van der Waals surface area contributed by atoms with Gasteiger partial charge in [-0.2, -0.15) is 0 Å². The van der Waals surface area contributed by atoms with Crippen molar-refractivity contribution in [2.24, 2.45) is 0 Å². The minimum Gasteiger partial charge on any atom is -0.485 e. The van der Waals surface area contributed by atoms with Crippen molar-refractivity contribution in [3.8, 4) is 16.9 Å². The van der Waals surface area contributed by atoms with Gasteiger partial charge in [0.15, 0.2) is 11.0 Å². The number of hydrogen-bond acceptors (Lipinski definition) is 5. The third-order valence-corrected chi connectivity index (χ3v) is 6.85. The van der Waals surface area contributed by atoms with Crippen LogP contribution in [0.1, 0.15) is 25.2 Å². The molecule has 0 saturated heterocycles. The topological polar surface area (TPSA) is 60.2 Å². The van der Waals surface area contributed by atoms with Gasteiger partial charge in [0.25, 0.3) is 0 Å². The van der Waals surface area contributed by atoms with Crippen LogP contribution in [0.25, 0.3) is 11.1 Å². The number of rotatable bonds is 12. The molecule has 0 bridgehead atoms. The van der Waals surface area contributed by atoms with Crippen molar-refractivity contribution in [2.75, 3.05) is 5.75 Å². The van der Waals surface area contributed by atoms with E-state index < -0.39 is 0 Å². The number of para-hydroxylation sites is 1. The molecule has 4 aromatic rings. The van der Waals surface area contributed by atoms with Gasteiger partial charge in [-0.05, 0) is 31.0 Å². The maximum atomic E-state index is 13.1. The third kappa shape index (κ3) is 6.89. The fourth-order valence-electron chi connectivity index (χ4n) is 3.98. The van der Waals surface area contributed by atoms with Gasteiger partial charge in [0, 0.05) is 24.7 Å². The van der Waals surface area contributed by atoms with Crippen molar-refractivity contribution >= 4 is 17.7 Å². The molecule has 6 nitrogen and oxygen atoms in total. The summed E-state index contributed by atoms with van der Waals surface area (Å²) in [5.41, 5.74) is 3.22. The average Bonchev–Trinajstić information content (AvgIpc) is 3.31. The van der Waals surface area contributed by atoms with Crippen molar-refractivity contribution in [1.29, 1.82) is 0 Å². The van der Waals surface area contributed by atoms with E-state index >= 15 is 0 Å². The number of hydrogen-bond donors (Lipinski definition) is 0. The predicted molar refractivity (Wildman–Crippen MR) is 149 cm³/mol. The van der Waals surface area contributed by atoms with Gasteiger partial charge in [0.2, 0.25) is 5.91 Å². The van der Waals surface area contributed by atoms with Gasteiger partial charge in [-0.25, -0.2) is 0 Å². The van der Waals surface area contributed by atoms with E-state index in [-0.39, 0.29) is 24.3 Å². The molecule has 1 aromatic heterocycles. The molecular formula is C30H32N4O2S. The number of nitrogens with zero attached hydrogens (tertiary/aromatic N) is 4. The molecule has 0 saturated carbocycles. The van der Waals surface area contributed by atoms with Crippen LogP contribution in [0.2, 0.25) is 0 Å². The Bertz CT molecular complexity index is 1310. The lowest BCUT2D eigenvalue weighted by molar-refractivity contribution is -0.130. The SMILES string of the molecule is C=CCn1c(COc2ccccc2-c2ccccc2)nnc1SCC(=O)N(Cc1ccccc1)C(C)C. The summed E-state index contributed by atoms with van der Waals surface area (Å²) in [6.45, 7) is 9.32. The second-order valence-corrected chi connectivity index (χ2v) is 9.78. The Kier molecular flexibility index (Phi) is 9.16. The molecule has 37 heavy (non-hydrogen) atoms. The summed E-state index contributed by atoms with van der Waals surface area (Å²) in [4.78, 5) is 15.0. The van der Waals surface area contributed by atoms with Crippen molar-refractivity contribution in [3.63, 3.8) is 0 Å². The molecule has 3 aromatic carbocycles. The number of ether oxygens (including phenoxy) is 1. The third-order valence-electron chi connectivity index (χ3n) is 5.90. The zero-order valence-electron chi connectivity index (χ0n) is 21.3. The lowest BCUT2D eigenvalue weighted by Gasteiger charge is -2.26. The van der Waals surface area contributed by atoms with E-state index in [4.69, 9.17) is 4.74 Å². The van der Waals surface area contributed by atoms with Gasteiger partial charge in [0.1, 0.15) is 12.4 Å². The summed E-state index contributed by atoms with van der Waals surface area (Å²) >= 11 is 1.39. The fourth-order valence-corrected chi connectivity index (χ4v) is 4.84. The van der Waals surface area contributed by atoms with Gasteiger partial charge < -0.3 is 9.64 Å². The van der Waals surface area contributed by atoms with Gasteiger partial charge in [-0.3, -0.25) is 9.36 Å². The molecule has 0 fully saturated rings. The van der Waals surface area contributed by atoms with E-state index in [1.165, 1.54) is 11.8 Å². The molecular weight excluding hydrogens is 480 g/mol. The molecule has 1 heterocycles. The van der Waals surface area contributed by atoms with Crippen molar-refractivity contribution in [1.82, 2.24) is 19.7 Å². The summed E-state index contributed by atoms with van der Waals surface area (Å²) in [6, 6.07) is 28.2. The highest BCUT2D eigenvalue weighted by Crippen LogP contribution is 2.30. The van der Waals surface area contributed by atoms with Crippen LogP contribution < -0.4 is 4.74 Å². The maximum absolute atomic E-state index is 13.1. The molecule has 4 rings (SSSR count). The number of allylic oxidation sites excluding steroid dienone is 1. The zero-order valence-corrected chi connectivity index (χ0v) is 22.1. The van der Waals surface area contributed by atoms with Crippen LogP contribution in [0.5, 0.6) is 5.75 Å². The standard InChI is InChI=1S/C30H32N4O2S/c1-4-19-33-28(21-36-27-18-12-11-17-26(27)25-15-9-6-10-16-25)31-32-30(33)37-22-29(35)34(23(2)3)20-24-13-7-5-8-14-24/h4-18,23H,1,19-22H2,2-3H3. The van der Waals surface area contributed by atoms with Crippen LogP contribution in [0.3, 0.4) is 0 Å². The van der Waals surface area contributed by atoms with E-state index in [0.717, 1.165) is 22.4 Å². The lowest BCUT2D eigenvalue weighted by atomic mass is 10.1. The number of amides is 1. The number of carbonyl (C=O) groups is 1. The highest BCUT2D eigenvalue weighted by Gasteiger charge is 2.20. The van der Waals surface area contributed by atoms with Crippen LogP contribution in [-0.4, -0.2) is 37.4 Å². The number of aromatic nitrogens is 3. The average molecular weight is 513 g/mol. The van der Waals surface area contributed by atoms with E-state index in [0.29, 0.717) is 24.1 Å². The Hall–Kier alpha value is -3.84. The molecule has 0 unspecified atom stereocenters. The smallest absolute Gasteiger partial charge is 0.233 e. The molecule has 0 aliphatic carbocycles. The Morgan fingerprint density at radius 2 is 1.68 bits per heavy atom. The number of carbonyl (C=O) groups excluding carboxylic acids is 1. The van der Waals surface area contributed by atoms with Crippen LogP contribution in [-0.2, 0) is 24.5 Å². The Labute approximate surface area is 223 Å². The maximum Gasteiger partial charge on any atom is 0.233 e. The summed E-state index contributed by atoms with van der Waals surface area (Å²) in [7, 11) is 0. The van der Waals surface area contributed by atoms with Crippen LogP contribution in [0.15, 0.2) is 103 Å². The first kappa shape index (κ1) is 26.2. The summed E-state index contributed by atoms with van der Waals surface area (Å²) in [6.07, 6.45) is 1.80. The molecule has 0 aliphatic rings. The second-order valence-electron chi connectivity index (χ2n) is 8.84. The second kappa shape index (κ2) is 12.9. The van der Waals surface area contributed by atoms with Crippen molar-refractivity contribution in [3.05, 3.63) is 109 Å². The Balaban J connectivity index is 1.44. The minimum atomic E-state index is 0.0617. The molecule has 0 radical (unpaired) electrons. The first-order valence-corrected chi connectivity index (χ1v) is 13.3. The van der Waals surface area contributed by atoms with Gasteiger partial charge >= 0.3 is 0 Å². The van der Waals surface area contributed by atoms with Gasteiger partial charge in [0.05, 0.1) is 5.75 Å². The molecule has 0 atom stereocenters. The Morgan fingerprint density at radius 1 is 1.00 bits per heavy atom. The summed E-state index contributed by atoms with van der Waals surface area (Å²) in [5.74, 6) is 1.80. The van der Waals surface area contributed by atoms with Crippen LogP contribution in [0.4, 0.5) is 0 Å². The van der Waals surface area contributed by atoms with E-state index in [1.807, 2.05) is 96.1 Å². The van der Waals surface area contributed by atoms with E-state index in [1.54, 1.807) is 6.08 Å². The number of benzene rings is 3. The molecule has 0 N–H and O–H groups in total. The van der Waals surface area contributed by atoms with Crippen LogP contribution in [0, 0.1) is 0 Å². The van der Waals surface area contributed by atoms with E-state index in [9.17, 15) is 4.79 Å². The summed E-state index contributed by atoms with van der Waals surface area (Å²) in [5, 5.41) is 9.41. The first-order valence-electron chi connectivity index (χ1n) is 12.3. The first-order chi connectivity index (χ1) is 18.1. The van der Waals surface area contributed by atoms with E-state index in [2.05, 4.69) is 28.9 Å². The lowest BCUT2D eigenvalue weighted by Crippen LogP contribution is -2.37. The van der Waals surface area contributed by atoms with Crippen molar-refractivity contribution in [2.45, 2.75) is 44.7 Å². The highest BCUT2D eigenvalue weighted by atomic mass is 32.2. The molecule has 0 spiro atoms. The normalized spacial score (nSPS) is 10.9. The predicted octanol–water partition coefficient (Wildman–Crippen LogP) is 6.24. The molecule has 7 heteroatoms. The van der Waals surface area contributed by atoms with Gasteiger partial charge in [-0.15, -0.1) is 16.8 Å². The molecule has 0 aliphatic heterocycles. The van der Waals surface area contributed by atoms with Gasteiger partial charge in [-0.1, -0.05) is 96.7 Å². The fraction of sp³-hybridized carbons (Fsp3) is 0.233. The monoisotopic (exact) mass is 512 g/mol. The zero-order chi connectivity index (χ0) is 26.0. The largest absolute Gasteiger partial charge is 0.485 e. The molecule has 1 amide bonds. The minimum absolute atomic E-state index is 0.0617.